The summed E-state index contributed by atoms with van der Waals surface area (Å²) in [6.45, 7) is 4.23. The van der Waals surface area contributed by atoms with Crippen molar-refractivity contribution in [2.75, 3.05) is 13.1 Å². The quantitative estimate of drug-likeness (QED) is 0.753. The third-order valence-electron chi connectivity index (χ3n) is 3.81. The molecule has 1 aromatic heterocycles. The molecule has 2 aromatic rings. The van der Waals surface area contributed by atoms with Gasteiger partial charge in [-0.05, 0) is 29.7 Å². The summed E-state index contributed by atoms with van der Waals surface area (Å²) in [5.41, 5.74) is 0.658. The summed E-state index contributed by atoms with van der Waals surface area (Å²) in [6, 6.07) is 6.85. The SMILES string of the molecule is CC(C)CN(CC(O)c1ccc(F)cc1)C(=O)c1ccoc1CC(=O)O. The number of aliphatic carboxylic acids is 1. The van der Waals surface area contributed by atoms with E-state index in [1.54, 1.807) is 0 Å². The summed E-state index contributed by atoms with van der Waals surface area (Å²) in [5.74, 6) is -1.71. The first kappa shape index (κ1) is 19.7. The Morgan fingerprint density at radius 2 is 1.81 bits per heavy atom. The molecule has 0 aliphatic carbocycles. The van der Waals surface area contributed by atoms with Gasteiger partial charge in [-0.2, -0.15) is 0 Å². The molecule has 1 unspecified atom stereocenters. The molecule has 1 aromatic carbocycles. The van der Waals surface area contributed by atoms with E-state index in [-0.39, 0.29) is 23.8 Å². The number of nitrogens with zero attached hydrogens (tertiary/aromatic N) is 1. The van der Waals surface area contributed by atoms with Crippen molar-refractivity contribution >= 4 is 11.9 Å². The highest BCUT2D eigenvalue weighted by Crippen LogP contribution is 2.20. The Morgan fingerprint density at radius 1 is 1.15 bits per heavy atom. The van der Waals surface area contributed by atoms with Crippen LogP contribution in [-0.4, -0.2) is 40.1 Å². The van der Waals surface area contributed by atoms with Crippen molar-refractivity contribution in [3.8, 4) is 0 Å². The average molecular weight is 363 g/mol. The first-order valence-electron chi connectivity index (χ1n) is 8.29. The number of aliphatic hydroxyl groups excluding tert-OH is 1. The van der Waals surface area contributed by atoms with E-state index in [2.05, 4.69) is 0 Å². The zero-order valence-corrected chi connectivity index (χ0v) is 14.7. The number of furan rings is 1. The maximum absolute atomic E-state index is 13.0. The molecule has 0 spiro atoms. The van der Waals surface area contributed by atoms with Crippen molar-refractivity contribution in [1.82, 2.24) is 4.90 Å². The lowest BCUT2D eigenvalue weighted by atomic mass is 10.1. The number of aliphatic hydroxyl groups is 1. The molecule has 0 saturated heterocycles. The number of benzene rings is 1. The molecule has 7 heteroatoms. The highest BCUT2D eigenvalue weighted by atomic mass is 19.1. The molecule has 26 heavy (non-hydrogen) atoms. The molecular weight excluding hydrogens is 341 g/mol. The zero-order chi connectivity index (χ0) is 19.3. The molecule has 0 bridgehead atoms. The predicted molar refractivity (Wildman–Crippen MR) is 92.1 cm³/mol. The fourth-order valence-corrected chi connectivity index (χ4v) is 2.66. The lowest BCUT2D eigenvalue weighted by molar-refractivity contribution is -0.136. The molecule has 6 nitrogen and oxygen atoms in total. The highest BCUT2D eigenvalue weighted by Gasteiger charge is 2.25. The second kappa shape index (κ2) is 8.62. The van der Waals surface area contributed by atoms with E-state index in [1.165, 1.54) is 41.5 Å². The Hall–Kier alpha value is -2.67. The van der Waals surface area contributed by atoms with E-state index in [1.807, 2.05) is 13.8 Å². The first-order chi connectivity index (χ1) is 12.3. The molecule has 1 amide bonds. The maximum atomic E-state index is 13.0. The maximum Gasteiger partial charge on any atom is 0.311 e. The van der Waals surface area contributed by atoms with Crippen LogP contribution in [0.25, 0.3) is 0 Å². The number of hydrogen-bond acceptors (Lipinski definition) is 4. The summed E-state index contributed by atoms with van der Waals surface area (Å²) in [5, 5.41) is 19.4. The average Bonchev–Trinajstić information content (AvgIpc) is 3.01. The molecule has 140 valence electrons. The minimum Gasteiger partial charge on any atom is -0.481 e. The van der Waals surface area contributed by atoms with Crippen LogP contribution >= 0.6 is 0 Å². The monoisotopic (exact) mass is 363 g/mol. The van der Waals surface area contributed by atoms with E-state index in [9.17, 15) is 19.1 Å². The topological polar surface area (TPSA) is 91.0 Å². The third kappa shape index (κ3) is 5.16. The largest absolute Gasteiger partial charge is 0.481 e. The summed E-state index contributed by atoms with van der Waals surface area (Å²) in [7, 11) is 0. The van der Waals surface area contributed by atoms with Gasteiger partial charge in [-0.1, -0.05) is 26.0 Å². The van der Waals surface area contributed by atoms with E-state index in [0.29, 0.717) is 12.1 Å². The number of halogens is 1. The molecule has 0 fully saturated rings. The van der Waals surface area contributed by atoms with Gasteiger partial charge < -0.3 is 19.5 Å². The Morgan fingerprint density at radius 3 is 2.38 bits per heavy atom. The van der Waals surface area contributed by atoms with Gasteiger partial charge >= 0.3 is 5.97 Å². The van der Waals surface area contributed by atoms with Crippen LogP contribution in [0.15, 0.2) is 41.0 Å². The summed E-state index contributed by atoms with van der Waals surface area (Å²) < 4.78 is 18.2. The summed E-state index contributed by atoms with van der Waals surface area (Å²) in [6.07, 6.45) is -0.118. The fraction of sp³-hybridized carbons (Fsp3) is 0.368. The van der Waals surface area contributed by atoms with Crippen LogP contribution < -0.4 is 0 Å². The Balaban J connectivity index is 2.21. The molecule has 2 rings (SSSR count). The molecule has 0 radical (unpaired) electrons. The Labute approximate surface area is 150 Å². The second-order valence-corrected chi connectivity index (χ2v) is 6.50. The van der Waals surface area contributed by atoms with Crippen molar-refractivity contribution in [2.24, 2.45) is 5.92 Å². The number of hydrogen-bond donors (Lipinski definition) is 2. The normalized spacial score (nSPS) is 12.2. The van der Waals surface area contributed by atoms with Crippen LogP contribution in [0, 0.1) is 11.7 Å². The number of rotatable bonds is 8. The van der Waals surface area contributed by atoms with Gasteiger partial charge in [0.15, 0.2) is 0 Å². The minimum absolute atomic E-state index is 0.000334. The minimum atomic E-state index is -1.10. The van der Waals surface area contributed by atoms with Crippen LogP contribution in [0.5, 0.6) is 0 Å². The number of carbonyl (C=O) groups is 2. The molecule has 0 aliphatic rings. The fourth-order valence-electron chi connectivity index (χ4n) is 2.66. The van der Waals surface area contributed by atoms with Crippen molar-refractivity contribution in [2.45, 2.75) is 26.4 Å². The van der Waals surface area contributed by atoms with Gasteiger partial charge in [0.1, 0.15) is 18.0 Å². The van der Waals surface area contributed by atoms with Crippen LogP contribution in [0.3, 0.4) is 0 Å². The van der Waals surface area contributed by atoms with Crippen LogP contribution in [0.4, 0.5) is 4.39 Å². The van der Waals surface area contributed by atoms with E-state index in [4.69, 9.17) is 9.52 Å². The molecule has 0 saturated carbocycles. The van der Waals surface area contributed by atoms with Crippen molar-refractivity contribution in [1.29, 1.82) is 0 Å². The summed E-state index contributed by atoms with van der Waals surface area (Å²) >= 11 is 0. The number of carboxylic acids is 1. The number of carbonyl (C=O) groups excluding carboxylic acids is 1. The highest BCUT2D eigenvalue weighted by molar-refractivity contribution is 5.96. The van der Waals surface area contributed by atoms with Gasteiger partial charge in [-0.3, -0.25) is 9.59 Å². The smallest absolute Gasteiger partial charge is 0.311 e. The van der Waals surface area contributed by atoms with Gasteiger partial charge in [0.05, 0.1) is 24.5 Å². The number of carboxylic acid groups (broad SMARTS) is 1. The van der Waals surface area contributed by atoms with Gasteiger partial charge in [0.2, 0.25) is 0 Å². The van der Waals surface area contributed by atoms with Crippen molar-refractivity contribution in [3.63, 3.8) is 0 Å². The Bertz CT molecular complexity index is 754. The summed E-state index contributed by atoms with van der Waals surface area (Å²) in [4.78, 5) is 25.2. The molecule has 0 aliphatic heterocycles. The third-order valence-corrected chi connectivity index (χ3v) is 3.81. The lowest BCUT2D eigenvalue weighted by Gasteiger charge is -2.27. The molecular formula is C19H22FNO5. The van der Waals surface area contributed by atoms with Crippen molar-refractivity contribution < 1.29 is 28.6 Å². The van der Waals surface area contributed by atoms with E-state index < -0.39 is 30.2 Å². The van der Waals surface area contributed by atoms with Crippen LogP contribution in [0.1, 0.15) is 41.6 Å². The Kier molecular flexibility index (Phi) is 6.52. The van der Waals surface area contributed by atoms with Gasteiger partial charge in [0, 0.05) is 6.54 Å². The predicted octanol–water partition coefficient (Wildman–Crippen LogP) is 2.88. The lowest BCUT2D eigenvalue weighted by Crippen LogP contribution is -2.37. The van der Waals surface area contributed by atoms with Crippen LogP contribution in [0.2, 0.25) is 0 Å². The molecule has 1 atom stereocenters. The van der Waals surface area contributed by atoms with E-state index >= 15 is 0 Å². The second-order valence-electron chi connectivity index (χ2n) is 6.50. The van der Waals surface area contributed by atoms with Gasteiger partial charge in [-0.25, -0.2) is 4.39 Å². The van der Waals surface area contributed by atoms with Gasteiger partial charge in [0.25, 0.3) is 5.91 Å². The number of amides is 1. The van der Waals surface area contributed by atoms with Gasteiger partial charge in [-0.15, -0.1) is 0 Å². The van der Waals surface area contributed by atoms with Crippen LogP contribution in [-0.2, 0) is 11.2 Å². The standard InChI is InChI=1S/C19H22FNO5/c1-12(2)10-21(11-16(22)13-3-5-14(20)6-4-13)19(25)15-7-8-26-17(15)9-18(23)24/h3-8,12,16,22H,9-11H2,1-2H3,(H,23,24). The first-order valence-corrected chi connectivity index (χ1v) is 8.29. The zero-order valence-electron chi connectivity index (χ0n) is 14.7. The van der Waals surface area contributed by atoms with Crippen molar-refractivity contribution in [3.05, 3.63) is 59.3 Å². The molecule has 2 N–H and O–H groups in total. The molecule has 1 heterocycles. The van der Waals surface area contributed by atoms with E-state index in [0.717, 1.165) is 0 Å².